The van der Waals surface area contributed by atoms with E-state index in [4.69, 9.17) is 4.74 Å². The highest BCUT2D eigenvalue weighted by Crippen LogP contribution is 2.18. The Bertz CT molecular complexity index is 858. The summed E-state index contributed by atoms with van der Waals surface area (Å²) in [6, 6.07) is 13.5. The molecular formula is C22H24FN3O3. The fraction of sp³-hybridized carbons (Fsp3) is 0.273. The normalized spacial score (nSPS) is 14.1. The number of anilines is 2. The van der Waals surface area contributed by atoms with E-state index in [1.54, 1.807) is 42.2 Å². The van der Waals surface area contributed by atoms with Gasteiger partial charge in [-0.1, -0.05) is 12.1 Å². The first-order valence-corrected chi connectivity index (χ1v) is 9.56. The average Bonchev–Trinajstić information content (AvgIpc) is 2.74. The maximum Gasteiger partial charge on any atom is 0.330 e. The van der Waals surface area contributed by atoms with Crippen molar-refractivity contribution in [3.63, 3.8) is 0 Å². The van der Waals surface area contributed by atoms with Crippen LogP contribution in [0.25, 0.3) is 6.08 Å². The topological polar surface area (TPSA) is 61.9 Å². The first-order valence-electron chi connectivity index (χ1n) is 9.56. The van der Waals surface area contributed by atoms with Gasteiger partial charge in [-0.3, -0.25) is 0 Å². The van der Waals surface area contributed by atoms with E-state index in [-0.39, 0.29) is 17.8 Å². The standard InChI is InChI=1S/C22H24FN3O3/c1-2-29-21(27)12-5-17-3-8-19(9-4-17)24-22(28)26-15-13-25(14-16-26)20-10-6-18(23)7-11-20/h3-12H,2,13-16H2,1H3,(H,24,28). The van der Waals surface area contributed by atoms with Crippen LogP contribution in [0, 0.1) is 5.82 Å². The number of amides is 2. The lowest BCUT2D eigenvalue weighted by Crippen LogP contribution is -2.50. The van der Waals surface area contributed by atoms with E-state index in [1.807, 2.05) is 12.1 Å². The molecule has 0 atom stereocenters. The summed E-state index contributed by atoms with van der Waals surface area (Å²) < 4.78 is 17.9. The lowest BCUT2D eigenvalue weighted by Gasteiger charge is -2.36. The molecule has 0 saturated carbocycles. The molecule has 1 saturated heterocycles. The number of piperazine rings is 1. The Hall–Kier alpha value is -3.35. The van der Waals surface area contributed by atoms with Crippen LogP contribution >= 0.6 is 0 Å². The molecule has 6 nitrogen and oxygen atoms in total. The third-order valence-corrected chi connectivity index (χ3v) is 4.62. The molecule has 1 fully saturated rings. The first kappa shape index (κ1) is 20.4. The zero-order valence-corrected chi connectivity index (χ0v) is 16.3. The maximum atomic E-state index is 13.1. The van der Waals surface area contributed by atoms with Crippen molar-refractivity contribution in [3.8, 4) is 0 Å². The van der Waals surface area contributed by atoms with Crippen molar-refractivity contribution in [1.82, 2.24) is 4.90 Å². The Labute approximate surface area is 169 Å². The van der Waals surface area contributed by atoms with Gasteiger partial charge in [0.2, 0.25) is 0 Å². The van der Waals surface area contributed by atoms with Crippen molar-refractivity contribution >= 4 is 29.5 Å². The molecule has 1 aliphatic rings. The van der Waals surface area contributed by atoms with Crippen LogP contribution in [-0.4, -0.2) is 49.7 Å². The minimum atomic E-state index is -0.385. The van der Waals surface area contributed by atoms with Crippen LogP contribution in [0.4, 0.5) is 20.6 Å². The van der Waals surface area contributed by atoms with Gasteiger partial charge in [0.15, 0.2) is 0 Å². The predicted molar refractivity (Wildman–Crippen MR) is 111 cm³/mol. The van der Waals surface area contributed by atoms with Crippen molar-refractivity contribution in [1.29, 1.82) is 0 Å². The number of hydrogen-bond donors (Lipinski definition) is 1. The van der Waals surface area contributed by atoms with Crippen molar-refractivity contribution in [2.45, 2.75) is 6.92 Å². The van der Waals surface area contributed by atoms with Gasteiger partial charge >= 0.3 is 12.0 Å². The summed E-state index contributed by atoms with van der Waals surface area (Å²) in [5, 5.41) is 2.89. The van der Waals surface area contributed by atoms with Gasteiger partial charge in [-0.2, -0.15) is 0 Å². The summed E-state index contributed by atoms with van der Waals surface area (Å²) in [5.41, 5.74) is 2.48. The number of nitrogens with zero attached hydrogens (tertiary/aromatic N) is 2. The highest BCUT2D eigenvalue weighted by Gasteiger charge is 2.21. The number of carbonyl (C=O) groups excluding carboxylic acids is 2. The van der Waals surface area contributed by atoms with E-state index in [1.165, 1.54) is 18.2 Å². The van der Waals surface area contributed by atoms with Gasteiger partial charge in [-0.25, -0.2) is 14.0 Å². The van der Waals surface area contributed by atoms with E-state index in [2.05, 4.69) is 10.2 Å². The van der Waals surface area contributed by atoms with Gasteiger partial charge < -0.3 is 19.9 Å². The smallest absolute Gasteiger partial charge is 0.330 e. The number of benzene rings is 2. The molecule has 7 heteroatoms. The number of esters is 1. The number of urea groups is 1. The molecule has 0 bridgehead atoms. The molecule has 1 heterocycles. The molecular weight excluding hydrogens is 373 g/mol. The van der Waals surface area contributed by atoms with Crippen LogP contribution in [0.15, 0.2) is 54.6 Å². The maximum absolute atomic E-state index is 13.1. The van der Waals surface area contributed by atoms with Crippen LogP contribution in [0.3, 0.4) is 0 Å². The fourth-order valence-electron chi connectivity index (χ4n) is 3.05. The third-order valence-electron chi connectivity index (χ3n) is 4.62. The van der Waals surface area contributed by atoms with Crippen LogP contribution in [0.2, 0.25) is 0 Å². The molecule has 1 aliphatic heterocycles. The Morgan fingerprint density at radius 2 is 1.69 bits per heavy atom. The van der Waals surface area contributed by atoms with E-state index in [9.17, 15) is 14.0 Å². The molecule has 152 valence electrons. The SMILES string of the molecule is CCOC(=O)C=Cc1ccc(NC(=O)N2CCN(c3ccc(F)cc3)CC2)cc1. The Morgan fingerprint density at radius 3 is 2.31 bits per heavy atom. The monoisotopic (exact) mass is 397 g/mol. The quantitative estimate of drug-likeness (QED) is 0.617. The summed E-state index contributed by atoms with van der Waals surface area (Å²) in [5.74, 6) is -0.640. The highest BCUT2D eigenvalue weighted by molar-refractivity contribution is 5.90. The highest BCUT2D eigenvalue weighted by atomic mass is 19.1. The zero-order chi connectivity index (χ0) is 20.6. The molecule has 3 rings (SSSR count). The first-order chi connectivity index (χ1) is 14.0. The number of nitrogens with one attached hydrogen (secondary N) is 1. The third kappa shape index (κ3) is 5.81. The van der Waals surface area contributed by atoms with E-state index in [0.29, 0.717) is 38.5 Å². The van der Waals surface area contributed by atoms with E-state index < -0.39 is 0 Å². The minimum absolute atomic E-state index is 0.154. The Balaban J connectivity index is 1.49. The molecule has 0 unspecified atom stereocenters. The fourth-order valence-corrected chi connectivity index (χ4v) is 3.05. The summed E-state index contributed by atoms with van der Waals surface area (Å²) in [6.45, 7) is 4.65. The van der Waals surface area contributed by atoms with Gasteiger partial charge in [0.05, 0.1) is 6.61 Å². The Kier molecular flexibility index (Phi) is 6.84. The number of ether oxygens (including phenoxy) is 1. The molecule has 0 aliphatic carbocycles. The average molecular weight is 397 g/mol. The van der Waals surface area contributed by atoms with Gasteiger partial charge in [-0.05, 0) is 55.0 Å². The predicted octanol–water partition coefficient (Wildman–Crippen LogP) is 3.76. The molecule has 2 aromatic carbocycles. The molecule has 2 amide bonds. The largest absolute Gasteiger partial charge is 0.463 e. The van der Waals surface area contributed by atoms with Crippen LogP contribution in [0.1, 0.15) is 12.5 Å². The van der Waals surface area contributed by atoms with Crippen molar-refractivity contribution in [2.24, 2.45) is 0 Å². The molecule has 0 radical (unpaired) electrons. The summed E-state index contributed by atoms with van der Waals surface area (Å²) in [6.07, 6.45) is 3.04. The second kappa shape index (κ2) is 9.73. The van der Waals surface area contributed by atoms with Crippen molar-refractivity contribution < 1.29 is 18.7 Å². The number of rotatable bonds is 5. The summed E-state index contributed by atoms with van der Waals surface area (Å²) in [7, 11) is 0. The lowest BCUT2D eigenvalue weighted by atomic mass is 10.2. The van der Waals surface area contributed by atoms with Gasteiger partial charge in [0.1, 0.15) is 5.82 Å². The van der Waals surface area contributed by atoms with Crippen molar-refractivity contribution in [2.75, 3.05) is 43.0 Å². The van der Waals surface area contributed by atoms with Crippen LogP contribution in [-0.2, 0) is 9.53 Å². The number of hydrogen-bond acceptors (Lipinski definition) is 4. The minimum Gasteiger partial charge on any atom is -0.463 e. The summed E-state index contributed by atoms with van der Waals surface area (Å²) in [4.78, 5) is 27.7. The van der Waals surface area contributed by atoms with E-state index >= 15 is 0 Å². The lowest BCUT2D eigenvalue weighted by molar-refractivity contribution is -0.137. The molecule has 0 spiro atoms. The molecule has 0 aromatic heterocycles. The molecule has 29 heavy (non-hydrogen) atoms. The van der Waals surface area contributed by atoms with Gasteiger partial charge in [-0.15, -0.1) is 0 Å². The van der Waals surface area contributed by atoms with Crippen LogP contribution < -0.4 is 10.2 Å². The van der Waals surface area contributed by atoms with Gasteiger partial charge in [0.25, 0.3) is 0 Å². The summed E-state index contributed by atoms with van der Waals surface area (Å²) >= 11 is 0. The molecule has 2 aromatic rings. The van der Waals surface area contributed by atoms with Crippen molar-refractivity contribution in [3.05, 3.63) is 66.0 Å². The van der Waals surface area contributed by atoms with Crippen LogP contribution in [0.5, 0.6) is 0 Å². The zero-order valence-electron chi connectivity index (χ0n) is 16.3. The van der Waals surface area contributed by atoms with Gasteiger partial charge in [0, 0.05) is 43.6 Å². The van der Waals surface area contributed by atoms with E-state index in [0.717, 1.165) is 11.3 Å². The second-order valence-electron chi connectivity index (χ2n) is 6.59. The number of carbonyl (C=O) groups is 2. The number of halogens is 1. The Morgan fingerprint density at radius 1 is 1.03 bits per heavy atom. The second-order valence-corrected chi connectivity index (χ2v) is 6.59. The molecule has 1 N–H and O–H groups in total.